The summed E-state index contributed by atoms with van der Waals surface area (Å²) in [5.74, 6) is 0. The molecule has 10 heavy (non-hydrogen) atoms. The molecule has 0 amide bonds. The molecular formula is C7H13N3. The van der Waals surface area contributed by atoms with Crippen LogP contribution in [0.25, 0.3) is 0 Å². The molecular weight excluding hydrogens is 126 g/mol. The van der Waals surface area contributed by atoms with Crippen molar-refractivity contribution in [3.8, 4) is 0 Å². The molecule has 0 saturated heterocycles. The van der Waals surface area contributed by atoms with Crippen molar-refractivity contribution in [1.82, 2.24) is 15.2 Å². The van der Waals surface area contributed by atoms with Crippen molar-refractivity contribution >= 4 is 0 Å². The predicted molar refractivity (Wildman–Crippen MR) is 39.5 cm³/mol. The average Bonchev–Trinajstić information content (AvgIpc) is 2.67. The highest BCUT2D eigenvalue weighted by molar-refractivity contribution is 4.51. The number of H-pyrrole nitrogens is 1. The second-order valence-electron chi connectivity index (χ2n) is 2.42. The van der Waals surface area contributed by atoms with E-state index in [9.17, 15) is 0 Å². The summed E-state index contributed by atoms with van der Waals surface area (Å²) in [4.78, 5) is 3.56. The summed E-state index contributed by atoms with van der Waals surface area (Å²) < 4.78 is 0. The fraction of sp³-hybridized carbons (Fsp3) is 0.714. The Morgan fingerprint density at radius 1 is 1.00 bits per heavy atom. The Morgan fingerprint density at radius 3 is 1.80 bits per heavy atom. The maximum Gasteiger partial charge on any atom is 0.137 e. The van der Waals surface area contributed by atoms with Gasteiger partial charge in [-0.1, -0.05) is 32.1 Å². The zero-order valence-corrected chi connectivity index (χ0v) is 6.08. The van der Waals surface area contributed by atoms with Crippen molar-refractivity contribution in [2.45, 2.75) is 32.1 Å². The van der Waals surface area contributed by atoms with Crippen LogP contribution in [0.1, 0.15) is 32.1 Å². The SMILES string of the molecule is C1CCCC1.c1nc[nH]n1. The number of hydrogen-bond donors (Lipinski definition) is 1. The van der Waals surface area contributed by atoms with E-state index in [4.69, 9.17) is 0 Å². The van der Waals surface area contributed by atoms with Gasteiger partial charge in [-0.25, -0.2) is 4.98 Å². The van der Waals surface area contributed by atoms with E-state index in [0.29, 0.717) is 0 Å². The lowest BCUT2D eigenvalue weighted by molar-refractivity contribution is 0.886. The fourth-order valence-electron chi connectivity index (χ4n) is 1.05. The number of nitrogens with one attached hydrogen (secondary N) is 1. The third-order valence-electron chi connectivity index (χ3n) is 1.58. The van der Waals surface area contributed by atoms with Gasteiger partial charge in [-0.05, 0) is 0 Å². The minimum Gasteiger partial charge on any atom is -0.266 e. The van der Waals surface area contributed by atoms with Crippen LogP contribution in [0.15, 0.2) is 12.7 Å². The average molecular weight is 139 g/mol. The Morgan fingerprint density at radius 2 is 1.60 bits per heavy atom. The normalized spacial score (nSPS) is 16.0. The first-order chi connectivity index (χ1) is 5.00. The summed E-state index contributed by atoms with van der Waals surface area (Å²) in [5.41, 5.74) is 0. The molecule has 0 unspecified atom stereocenters. The molecule has 3 nitrogen and oxygen atoms in total. The summed E-state index contributed by atoms with van der Waals surface area (Å²) >= 11 is 0. The van der Waals surface area contributed by atoms with Crippen molar-refractivity contribution in [3.63, 3.8) is 0 Å². The van der Waals surface area contributed by atoms with Crippen molar-refractivity contribution in [2.24, 2.45) is 0 Å². The Labute approximate surface area is 60.9 Å². The third-order valence-corrected chi connectivity index (χ3v) is 1.58. The zero-order valence-electron chi connectivity index (χ0n) is 6.08. The summed E-state index contributed by atoms with van der Waals surface area (Å²) in [6.07, 6.45) is 10.5. The molecule has 1 saturated carbocycles. The molecule has 0 spiro atoms. The molecule has 0 atom stereocenters. The lowest BCUT2D eigenvalue weighted by Gasteiger charge is -1.67. The van der Waals surface area contributed by atoms with E-state index in [0.717, 1.165) is 0 Å². The zero-order chi connectivity index (χ0) is 7.07. The molecule has 1 N–H and O–H groups in total. The van der Waals surface area contributed by atoms with Gasteiger partial charge < -0.3 is 0 Å². The maximum atomic E-state index is 3.56. The first-order valence-corrected chi connectivity index (χ1v) is 3.79. The summed E-state index contributed by atoms with van der Waals surface area (Å²) in [6.45, 7) is 0. The van der Waals surface area contributed by atoms with Crippen LogP contribution < -0.4 is 0 Å². The van der Waals surface area contributed by atoms with E-state index < -0.39 is 0 Å². The standard InChI is InChI=1S/C5H10.C2H3N3/c1-2-4-5-3-1;1-3-2-5-4-1/h1-5H2;1-2H,(H,3,4,5). The monoisotopic (exact) mass is 139 g/mol. The lowest BCUT2D eigenvalue weighted by atomic mass is 10.4. The first kappa shape index (κ1) is 7.25. The smallest absolute Gasteiger partial charge is 0.137 e. The van der Waals surface area contributed by atoms with Gasteiger partial charge >= 0.3 is 0 Å². The van der Waals surface area contributed by atoms with Crippen molar-refractivity contribution in [1.29, 1.82) is 0 Å². The first-order valence-electron chi connectivity index (χ1n) is 3.79. The molecule has 1 aliphatic carbocycles. The molecule has 1 heterocycles. The van der Waals surface area contributed by atoms with Gasteiger partial charge in [0.2, 0.25) is 0 Å². The number of aromatic amines is 1. The quantitative estimate of drug-likeness (QED) is 0.595. The lowest BCUT2D eigenvalue weighted by Crippen LogP contribution is -1.53. The van der Waals surface area contributed by atoms with Gasteiger partial charge in [0.05, 0.1) is 0 Å². The van der Waals surface area contributed by atoms with Gasteiger partial charge in [-0.2, -0.15) is 5.10 Å². The second-order valence-corrected chi connectivity index (χ2v) is 2.42. The van der Waals surface area contributed by atoms with Crippen LogP contribution in [0.4, 0.5) is 0 Å². The molecule has 1 fully saturated rings. The number of hydrogen-bond acceptors (Lipinski definition) is 2. The van der Waals surface area contributed by atoms with Crippen molar-refractivity contribution < 1.29 is 0 Å². The fourth-order valence-corrected chi connectivity index (χ4v) is 1.05. The van der Waals surface area contributed by atoms with E-state index in [2.05, 4.69) is 15.2 Å². The van der Waals surface area contributed by atoms with Gasteiger partial charge in [0.25, 0.3) is 0 Å². The molecule has 2 rings (SSSR count). The van der Waals surface area contributed by atoms with E-state index in [1.807, 2.05) is 0 Å². The minimum absolute atomic E-state index is 1.44. The van der Waals surface area contributed by atoms with Gasteiger partial charge in [-0.15, -0.1) is 0 Å². The molecule has 1 aliphatic rings. The minimum atomic E-state index is 1.44. The van der Waals surface area contributed by atoms with Crippen LogP contribution in [-0.4, -0.2) is 15.2 Å². The predicted octanol–water partition coefficient (Wildman–Crippen LogP) is 1.76. The van der Waals surface area contributed by atoms with Crippen LogP contribution in [0, 0.1) is 0 Å². The topological polar surface area (TPSA) is 41.6 Å². The van der Waals surface area contributed by atoms with Gasteiger partial charge in [0.15, 0.2) is 0 Å². The molecule has 0 bridgehead atoms. The van der Waals surface area contributed by atoms with Crippen molar-refractivity contribution in [2.75, 3.05) is 0 Å². The van der Waals surface area contributed by atoms with Gasteiger partial charge in [0.1, 0.15) is 12.7 Å². The highest BCUT2D eigenvalue weighted by Gasteiger charge is 1.95. The summed E-state index contributed by atoms with van der Waals surface area (Å²) in [6, 6.07) is 0. The molecule has 1 aromatic rings. The maximum absolute atomic E-state index is 3.56. The number of aromatic nitrogens is 3. The van der Waals surface area contributed by atoms with E-state index >= 15 is 0 Å². The van der Waals surface area contributed by atoms with E-state index in [1.54, 1.807) is 0 Å². The highest BCUT2D eigenvalue weighted by Crippen LogP contribution is 2.15. The van der Waals surface area contributed by atoms with Crippen LogP contribution in [-0.2, 0) is 0 Å². The third kappa shape index (κ3) is 3.22. The van der Waals surface area contributed by atoms with Gasteiger partial charge in [0, 0.05) is 0 Å². The molecule has 0 aromatic carbocycles. The molecule has 3 heteroatoms. The Hall–Kier alpha value is -0.860. The Bertz CT molecular complexity index is 108. The van der Waals surface area contributed by atoms with Crippen LogP contribution in [0.5, 0.6) is 0 Å². The van der Waals surface area contributed by atoms with Crippen LogP contribution in [0.2, 0.25) is 0 Å². The largest absolute Gasteiger partial charge is 0.266 e. The number of rotatable bonds is 0. The molecule has 1 aromatic heterocycles. The number of nitrogens with zero attached hydrogens (tertiary/aromatic N) is 2. The van der Waals surface area contributed by atoms with Crippen LogP contribution >= 0.6 is 0 Å². The second kappa shape index (κ2) is 4.97. The highest BCUT2D eigenvalue weighted by atomic mass is 15.2. The van der Waals surface area contributed by atoms with Crippen LogP contribution in [0.3, 0.4) is 0 Å². The Kier molecular flexibility index (Phi) is 3.60. The summed E-state index contributed by atoms with van der Waals surface area (Å²) in [5, 5.41) is 5.99. The van der Waals surface area contributed by atoms with Crippen molar-refractivity contribution in [3.05, 3.63) is 12.7 Å². The van der Waals surface area contributed by atoms with E-state index in [1.165, 1.54) is 44.8 Å². The molecule has 0 aliphatic heterocycles. The van der Waals surface area contributed by atoms with Gasteiger partial charge in [-0.3, -0.25) is 5.10 Å². The summed E-state index contributed by atoms with van der Waals surface area (Å²) in [7, 11) is 0. The molecule has 0 radical (unpaired) electrons. The van der Waals surface area contributed by atoms with E-state index in [-0.39, 0.29) is 0 Å². The molecule has 56 valence electrons. The Balaban J connectivity index is 0.0000001000.